The third kappa shape index (κ3) is 4.86. The van der Waals surface area contributed by atoms with E-state index >= 15 is 0 Å². The smallest absolute Gasteiger partial charge is 0.306 e. The fraction of sp³-hybridized carbons (Fsp3) is 0.500. The van der Waals surface area contributed by atoms with Crippen molar-refractivity contribution in [2.45, 2.75) is 25.9 Å². The largest absolute Gasteiger partial charge is 0.481 e. The summed E-state index contributed by atoms with van der Waals surface area (Å²) in [6, 6.07) is 9.65. The second-order valence-electron chi connectivity index (χ2n) is 5.42. The number of ether oxygens (including phenoxy) is 1. The molecule has 1 aliphatic rings. The zero-order valence-corrected chi connectivity index (χ0v) is 12.0. The Balaban J connectivity index is 1.65. The molecule has 5 nitrogen and oxygen atoms in total. The van der Waals surface area contributed by atoms with E-state index < -0.39 is 5.97 Å². The fourth-order valence-corrected chi connectivity index (χ4v) is 2.74. The summed E-state index contributed by atoms with van der Waals surface area (Å²) in [5.41, 5.74) is 1.02. The molecular weight excluding hydrogens is 270 g/mol. The number of hydrogen-bond donors (Lipinski definition) is 2. The average Bonchev–Trinajstić information content (AvgIpc) is 2.95. The highest BCUT2D eigenvalue weighted by Crippen LogP contribution is 2.31. The van der Waals surface area contributed by atoms with Crippen molar-refractivity contribution >= 4 is 11.9 Å². The number of benzene rings is 1. The molecule has 0 spiro atoms. The Labute approximate surface area is 124 Å². The Morgan fingerprint density at radius 2 is 2.00 bits per heavy atom. The first-order chi connectivity index (χ1) is 10.2. The fourth-order valence-electron chi connectivity index (χ4n) is 2.74. The van der Waals surface area contributed by atoms with Gasteiger partial charge in [-0.3, -0.25) is 9.59 Å². The Bertz CT molecular complexity index is 474. The van der Waals surface area contributed by atoms with Gasteiger partial charge in [-0.15, -0.1) is 0 Å². The van der Waals surface area contributed by atoms with Gasteiger partial charge in [-0.25, -0.2) is 0 Å². The van der Waals surface area contributed by atoms with Gasteiger partial charge in [0.2, 0.25) is 5.91 Å². The molecule has 5 heteroatoms. The molecule has 2 rings (SSSR count). The lowest BCUT2D eigenvalue weighted by Crippen LogP contribution is -2.35. The van der Waals surface area contributed by atoms with Crippen molar-refractivity contribution in [1.29, 1.82) is 0 Å². The van der Waals surface area contributed by atoms with Crippen LogP contribution < -0.4 is 5.32 Å². The number of carbonyl (C=O) groups is 2. The Morgan fingerprint density at radius 1 is 1.24 bits per heavy atom. The summed E-state index contributed by atoms with van der Waals surface area (Å²) in [6.07, 6.45) is 2.49. The molecule has 0 heterocycles. The van der Waals surface area contributed by atoms with Crippen molar-refractivity contribution in [3.05, 3.63) is 35.9 Å². The minimum absolute atomic E-state index is 0.000642. The molecule has 1 amide bonds. The molecule has 1 saturated carbocycles. The maximum absolute atomic E-state index is 11.7. The van der Waals surface area contributed by atoms with E-state index in [2.05, 4.69) is 5.32 Å². The third-order valence-corrected chi connectivity index (χ3v) is 3.88. The molecular formula is C16H21NO4. The van der Waals surface area contributed by atoms with E-state index in [4.69, 9.17) is 9.84 Å². The summed E-state index contributed by atoms with van der Waals surface area (Å²) in [7, 11) is 0. The summed E-state index contributed by atoms with van der Waals surface area (Å²) in [5, 5.41) is 11.8. The molecule has 0 bridgehead atoms. The highest BCUT2D eigenvalue weighted by Gasteiger charge is 2.32. The number of nitrogens with one attached hydrogen (secondary N) is 1. The van der Waals surface area contributed by atoms with Crippen LogP contribution in [-0.2, 0) is 20.9 Å². The number of carbonyl (C=O) groups excluding carboxylic acids is 1. The Hall–Kier alpha value is -1.88. The molecule has 21 heavy (non-hydrogen) atoms. The van der Waals surface area contributed by atoms with Crippen LogP contribution in [0.25, 0.3) is 0 Å². The zero-order chi connectivity index (χ0) is 15.1. The van der Waals surface area contributed by atoms with Gasteiger partial charge in [-0.1, -0.05) is 36.8 Å². The minimum atomic E-state index is -0.757. The molecule has 2 atom stereocenters. The van der Waals surface area contributed by atoms with E-state index in [0.717, 1.165) is 18.4 Å². The van der Waals surface area contributed by atoms with E-state index in [1.165, 1.54) is 0 Å². The average molecular weight is 291 g/mol. The lowest BCUT2D eigenvalue weighted by Gasteiger charge is -2.16. The highest BCUT2D eigenvalue weighted by molar-refractivity contribution is 5.77. The maximum Gasteiger partial charge on any atom is 0.306 e. The molecule has 1 fully saturated rings. The quantitative estimate of drug-likeness (QED) is 0.803. The molecule has 1 aliphatic carbocycles. The van der Waals surface area contributed by atoms with Crippen LogP contribution in [0, 0.1) is 11.8 Å². The summed E-state index contributed by atoms with van der Waals surface area (Å²) in [5.74, 6) is -1.23. The van der Waals surface area contributed by atoms with Crippen LogP contribution in [0.2, 0.25) is 0 Å². The van der Waals surface area contributed by atoms with Crippen molar-refractivity contribution < 1.29 is 19.4 Å². The van der Waals surface area contributed by atoms with Gasteiger partial charge in [0.15, 0.2) is 0 Å². The van der Waals surface area contributed by atoms with Gasteiger partial charge in [-0.2, -0.15) is 0 Å². The van der Waals surface area contributed by atoms with Crippen molar-refractivity contribution in [1.82, 2.24) is 5.32 Å². The van der Waals surface area contributed by atoms with Gasteiger partial charge in [-0.05, 0) is 24.3 Å². The first kappa shape index (κ1) is 15.5. The van der Waals surface area contributed by atoms with Crippen molar-refractivity contribution in [3.63, 3.8) is 0 Å². The third-order valence-electron chi connectivity index (χ3n) is 3.88. The summed E-state index contributed by atoms with van der Waals surface area (Å²) < 4.78 is 5.34. The second kappa shape index (κ2) is 7.78. The van der Waals surface area contributed by atoms with Gasteiger partial charge in [0.05, 0.1) is 12.5 Å². The number of hydrogen-bond acceptors (Lipinski definition) is 3. The number of aliphatic carboxylic acids is 1. The Morgan fingerprint density at radius 3 is 2.71 bits per heavy atom. The van der Waals surface area contributed by atoms with Gasteiger partial charge < -0.3 is 15.2 Å². The maximum atomic E-state index is 11.7. The van der Waals surface area contributed by atoms with Gasteiger partial charge in [0.1, 0.15) is 6.61 Å². The normalized spacial score (nSPS) is 21.1. The molecule has 114 valence electrons. The number of carboxylic acids is 1. The molecule has 0 aromatic heterocycles. The van der Waals surface area contributed by atoms with E-state index in [1.54, 1.807) is 0 Å². The van der Waals surface area contributed by atoms with Gasteiger partial charge in [0, 0.05) is 6.54 Å². The number of rotatable bonds is 7. The van der Waals surface area contributed by atoms with Crippen molar-refractivity contribution in [2.24, 2.45) is 11.8 Å². The SMILES string of the molecule is O=C(COCc1ccccc1)NCC1CCCC1C(=O)O. The van der Waals surface area contributed by atoms with E-state index in [9.17, 15) is 9.59 Å². The molecule has 1 aromatic carbocycles. The van der Waals surface area contributed by atoms with E-state index in [0.29, 0.717) is 19.6 Å². The topological polar surface area (TPSA) is 75.6 Å². The van der Waals surface area contributed by atoms with Crippen LogP contribution in [0.5, 0.6) is 0 Å². The predicted octanol–water partition coefficient (Wildman–Crippen LogP) is 1.82. The monoisotopic (exact) mass is 291 g/mol. The summed E-state index contributed by atoms with van der Waals surface area (Å²) in [4.78, 5) is 22.7. The lowest BCUT2D eigenvalue weighted by molar-refractivity contribution is -0.143. The van der Waals surface area contributed by atoms with Crippen LogP contribution >= 0.6 is 0 Å². The Kier molecular flexibility index (Phi) is 5.75. The molecule has 2 unspecified atom stereocenters. The zero-order valence-electron chi connectivity index (χ0n) is 12.0. The van der Waals surface area contributed by atoms with E-state index in [1.807, 2.05) is 30.3 Å². The lowest BCUT2D eigenvalue weighted by atomic mass is 9.96. The van der Waals surface area contributed by atoms with E-state index in [-0.39, 0.29) is 24.3 Å². The number of amides is 1. The predicted molar refractivity (Wildman–Crippen MR) is 77.6 cm³/mol. The van der Waals surface area contributed by atoms with Crippen LogP contribution in [0.3, 0.4) is 0 Å². The van der Waals surface area contributed by atoms with Gasteiger partial charge >= 0.3 is 5.97 Å². The van der Waals surface area contributed by atoms with Crippen LogP contribution in [0.1, 0.15) is 24.8 Å². The van der Waals surface area contributed by atoms with Crippen LogP contribution in [0.15, 0.2) is 30.3 Å². The standard InChI is InChI=1S/C16H21NO4/c18-15(11-21-10-12-5-2-1-3-6-12)17-9-13-7-4-8-14(13)16(19)20/h1-3,5-6,13-14H,4,7-11H2,(H,17,18)(H,19,20). The van der Waals surface area contributed by atoms with Crippen LogP contribution in [-0.4, -0.2) is 30.1 Å². The molecule has 1 aromatic rings. The first-order valence-corrected chi connectivity index (χ1v) is 7.28. The summed E-state index contributed by atoms with van der Waals surface area (Å²) >= 11 is 0. The molecule has 0 saturated heterocycles. The molecule has 0 aliphatic heterocycles. The highest BCUT2D eigenvalue weighted by atomic mass is 16.5. The molecule has 2 N–H and O–H groups in total. The first-order valence-electron chi connectivity index (χ1n) is 7.28. The molecule has 0 radical (unpaired) electrons. The number of carboxylic acid groups (broad SMARTS) is 1. The van der Waals surface area contributed by atoms with Crippen molar-refractivity contribution in [3.8, 4) is 0 Å². The van der Waals surface area contributed by atoms with Crippen LogP contribution in [0.4, 0.5) is 0 Å². The minimum Gasteiger partial charge on any atom is -0.481 e. The van der Waals surface area contributed by atoms with Crippen molar-refractivity contribution in [2.75, 3.05) is 13.2 Å². The van der Waals surface area contributed by atoms with Gasteiger partial charge in [0.25, 0.3) is 0 Å². The second-order valence-corrected chi connectivity index (χ2v) is 5.42. The summed E-state index contributed by atoms with van der Waals surface area (Å²) in [6.45, 7) is 0.819.